The molecule has 1 saturated heterocycles. The van der Waals surface area contributed by atoms with Crippen molar-refractivity contribution in [2.75, 3.05) is 13.6 Å². The molecule has 1 atom stereocenters. The van der Waals surface area contributed by atoms with E-state index >= 15 is 0 Å². The zero-order chi connectivity index (χ0) is 9.97. The molecule has 0 bridgehead atoms. The molecule has 0 amide bonds. The maximum Gasteiger partial charge on any atom is 0.211 e. The highest BCUT2D eigenvalue weighted by Crippen LogP contribution is 2.28. The van der Waals surface area contributed by atoms with E-state index in [1.165, 1.54) is 12.8 Å². The van der Waals surface area contributed by atoms with Gasteiger partial charge in [-0.1, -0.05) is 6.42 Å². The van der Waals surface area contributed by atoms with Gasteiger partial charge in [-0.05, 0) is 26.4 Å². The van der Waals surface area contributed by atoms with Gasteiger partial charge in [-0.3, -0.25) is 4.90 Å². The third kappa shape index (κ3) is 1.81. The molecule has 1 aliphatic heterocycles. The van der Waals surface area contributed by atoms with Crippen LogP contribution in [-0.2, 0) is 6.61 Å². The summed E-state index contributed by atoms with van der Waals surface area (Å²) in [4.78, 5) is 6.45. The van der Waals surface area contributed by atoms with Crippen LogP contribution in [0.4, 0.5) is 0 Å². The van der Waals surface area contributed by atoms with Crippen LogP contribution in [0.15, 0.2) is 10.6 Å². The Labute approximate surface area is 83.5 Å². The van der Waals surface area contributed by atoms with E-state index in [1.807, 2.05) is 0 Å². The minimum absolute atomic E-state index is 0.0660. The molecule has 78 valence electrons. The second-order valence-electron chi connectivity index (χ2n) is 3.82. The van der Waals surface area contributed by atoms with Crippen LogP contribution in [0.25, 0.3) is 0 Å². The first kappa shape index (κ1) is 9.68. The molecule has 0 aromatic carbocycles. The quantitative estimate of drug-likeness (QED) is 0.775. The van der Waals surface area contributed by atoms with Gasteiger partial charge < -0.3 is 9.52 Å². The van der Waals surface area contributed by atoms with Crippen LogP contribution >= 0.6 is 0 Å². The van der Waals surface area contributed by atoms with Crippen molar-refractivity contribution in [2.45, 2.75) is 31.9 Å². The molecular formula is C10H16N2O2. The van der Waals surface area contributed by atoms with E-state index in [2.05, 4.69) is 16.9 Å². The predicted molar refractivity (Wildman–Crippen MR) is 51.6 cm³/mol. The number of likely N-dealkylation sites (tertiary alicyclic amines) is 1. The van der Waals surface area contributed by atoms with Gasteiger partial charge in [0.2, 0.25) is 5.89 Å². The van der Waals surface area contributed by atoms with Crippen molar-refractivity contribution in [1.29, 1.82) is 0 Å². The molecule has 2 rings (SSSR count). The van der Waals surface area contributed by atoms with Crippen molar-refractivity contribution >= 4 is 0 Å². The van der Waals surface area contributed by atoms with Crippen molar-refractivity contribution in [1.82, 2.24) is 9.88 Å². The molecule has 1 fully saturated rings. The number of aromatic nitrogens is 1. The molecule has 4 nitrogen and oxygen atoms in total. The van der Waals surface area contributed by atoms with Crippen molar-refractivity contribution in [3.8, 4) is 0 Å². The van der Waals surface area contributed by atoms with E-state index in [-0.39, 0.29) is 6.61 Å². The molecule has 1 aromatic heterocycles. The summed E-state index contributed by atoms with van der Waals surface area (Å²) in [6, 6.07) is 0.295. The van der Waals surface area contributed by atoms with Crippen LogP contribution in [0.2, 0.25) is 0 Å². The summed E-state index contributed by atoms with van der Waals surface area (Å²) < 4.78 is 5.44. The van der Waals surface area contributed by atoms with Crippen LogP contribution in [0.5, 0.6) is 0 Å². The number of hydrogen-bond acceptors (Lipinski definition) is 4. The summed E-state index contributed by atoms with van der Waals surface area (Å²) in [5, 5.41) is 8.87. The van der Waals surface area contributed by atoms with Gasteiger partial charge in [0.1, 0.15) is 12.4 Å². The number of oxazole rings is 1. The Morgan fingerprint density at radius 2 is 2.50 bits per heavy atom. The molecule has 1 N–H and O–H groups in total. The number of hydrogen-bond donors (Lipinski definition) is 1. The standard InChI is InChI=1S/C10H16N2O2/c1-12-5-3-2-4-9(12)10-11-6-8(7-13)14-10/h6,9,13H,2-5,7H2,1H3. The summed E-state index contributed by atoms with van der Waals surface area (Å²) >= 11 is 0. The molecule has 1 unspecified atom stereocenters. The molecule has 1 aromatic rings. The van der Waals surface area contributed by atoms with E-state index in [9.17, 15) is 0 Å². The van der Waals surface area contributed by atoms with E-state index in [4.69, 9.17) is 9.52 Å². The van der Waals surface area contributed by atoms with E-state index in [1.54, 1.807) is 6.20 Å². The number of aliphatic hydroxyl groups excluding tert-OH is 1. The first-order valence-corrected chi connectivity index (χ1v) is 5.07. The summed E-state index contributed by atoms with van der Waals surface area (Å²) in [6.45, 7) is 1.03. The van der Waals surface area contributed by atoms with Crippen LogP contribution in [0.3, 0.4) is 0 Å². The molecule has 1 aliphatic rings. The number of nitrogens with zero attached hydrogens (tertiary/aromatic N) is 2. The van der Waals surface area contributed by atoms with Crippen LogP contribution in [0, 0.1) is 0 Å². The van der Waals surface area contributed by atoms with E-state index in [0.717, 1.165) is 18.9 Å². The third-order valence-corrected chi connectivity index (χ3v) is 2.78. The maximum absolute atomic E-state index is 8.87. The van der Waals surface area contributed by atoms with Crippen LogP contribution in [0.1, 0.15) is 37.0 Å². The summed E-state index contributed by atoms with van der Waals surface area (Å²) in [5.74, 6) is 1.30. The van der Waals surface area contributed by atoms with Crippen molar-refractivity contribution < 1.29 is 9.52 Å². The smallest absolute Gasteiger partial charge is 0.211 e. The Hall–Kier alpha value is -0.870. The second kappa shape index (κ2) is 4.11. The molecular weight excluding hydrogens is 180 g/mol. The van der Waals surface area contributed by atoms with Gasteiger partial charge in [0.05, 0.1) is 12.2 Å². The minimum atomic E-state index is -0.0660. The van der Waals surface area contributed by atoms with Gasteiger partial charge in [0, 0.05) is 0 Å². The molecule has 0 aliphatic carbocycles. The van der Waals surface area contributed by atoms with Gasteiger partial charge in [-0.15, -0.1) is 0 Å². The normalized spacial score (nSPS) is 24.0. The Bertz CT molecular complexity index is 298. The van der Waals surface area contributed by atoms with Crippen molar-refractivity contribution in [3.63, 3.8) is 0 Å². The average Bonchev–Trinajstić information content (AvgIpc) is 2.67. The van der Waals surface area contributed by atoms with Crippen LogP contribution in [-0.4, -0.2) is 28.6 Å². The number of aliphatic hydroxyl groups is 1. The highest BCUT2D eigenvalue weighted by atomic mass is 16.4. The average molecular weight is 196 g/mol. The third-order valence-electron chi connectivity index (χ3n) is 2.78. The Kier molecular flexibility index (Phi) is 2.84. The number of rotatable bonds is 2. The van der Waals surface area contributed by atoms with Gasteiger partial charge in [0.15, 0.2) is 0 Å². The molecule has 0 saturated carbocycles. The van der Waals surface area contributed by atoms with Crippen molar-refractivity contribution in [2.24, 2.45) is 0 Å². The maximum atomic E-state index is 8.87. The number of piperidine rings is 1. The van der Waals surface area contributed by atoms with Crippen LogP contribution < -0.4 is 0 Å². The topological polar surface area (TPSA) is 49.5 Å². The Morgan fingerprint density at radius 3 is 3.14 bits per heavy atom. The van der Waals surface area contributed by atoms with Gasteiger partial charge in [0.25, 0.3) is 0 Å². The SMILES string of the molecule is CN1CCCCC1c1ncc(CO)o1. The summed E-state index contributed by atoms with van der Waals surface area (Å²) in [7, 11) is 2.09. The largest absolute Gasteiger partial charge is 0.442 e. The van der Waals surface area contributed by atoms with E-state index in [0.29, 0.717) is 11.8 Å². The fourth-order valence-electron chi connectivity index (χ4n) is 1.94. The lowest BCUT2D eigenvalue weighted by Crippen LogP contribution is -2.29. The lowest BCUT2D eigenvalue weighted by atomic mass is 10.0. The minimum Gasteiger partial charge on any atom is -0.442 e. The monoisotopic (exact) mass is 196 g/mol. The fourth-order valence-corrected chi connectivity index (χ4v) is 1.94. The highest BCUT2D eigenvalue weighted by Gasteiger charge is 2.24. The van der Waals surface area contributed by atoms with Gasteiger partial charge in [-0.2, -0.15) is 0 Å². The zero-order valence-electron chi connectivity index (χ0n) is 8.44. The van der Waals surface area contributed by atoms with Crippen molar-refractivity contribution in [3.05, 3.63) is 17.8 Å². The first-order valence-electron chi connectivity index (χ1n) is 5.07. The lowest BCUT2D eigenvalue weighted by Gasteiger charge is -2.29. The fraction of sp³-hybridized carbons (Fsp3) is 0.700. The molecule has 4 heteroatoms. The molecule has 0 spiro atoms. The summed E-state index contributed by atoms with van der Waals surface area (Å²) in [5.41, 5.74) is 0. The Balaban J connectivity index is 2.12. The predicted octanol–water partition coefficient (Wildman–Crippen LogP) is 1.32. The lowest BCUT2D eigenvalue weighted by molar-refractivity contribution is 0.152. The summed E-state index contributed by atoms with van der Waals surface area (Å²) in [6.07, 6.45) is 5.19. The zero-order valence-corrected chi connectivity index (χ0v) is 8.44. The second-order valence-corrected chi connectivity index (χ2v) is 3.82. The first-order chi connectivity index (χ1) is 6.81. The Morgan fingerprint density at radius 1 is 1.64 bits per heavy atom. The molecule has 14 heavy (non-hydrogen) atoms. The van der Waals surface area contributed by atoms with E-state index < -0.39 is 0 Å². The highest BCUT2D eigenvalue weighted by molar-refractivity contribution is 4.98. The molecule has 2 heterocycles. The van der Waals surface area contributed by atoms with Gasteiger partial charge in [-0.25, -0.2) is 4.98 Å². The van der Waals surface area contributed by atoms with Gasteiger partial charge >= 0.3 is 0 Å². The molecule has 0 radical (unpaired) electrons.